The van der Waals surface area contributed by atoms with Crippen molar-refractivity contribution in [3.63, 3.8) is 0 Å². The summed E-state index contributed by atoms with van der Waals surface area (Å²) in [6.07, 6.45) is 30.7. The van der Waals surface area contributed by atoms with Gasteiger partial charge < -0.3 is 14.4 Å². The van der Waals surface area contributed by atoms with Crippen molar-refractivity contribution in [2.24, 2.45) is 5.41 Å². The SMILES string of the molecule is CCCCCCCCCCCCCC(=O)OCCN(CCOC(=O)CCCCCCCCCCCCC)C(=O)CC(C)(C)CCC. The van der Waals surface area contributed by atoms with E-state index in [2.05, 4.69) is 34.6 Å². The fourth-order valence-corrected chi connectivity index (χ4v) is 6.20. The maximum absolute atomic E-state index is 13.2. The van der Waals surface area contributed by atoms with Crippen LogP contribution in [0, 0.1) is 5.41 Å². The Morgan fingerprint density at radius 1 is 0.478 bits per heavy atom. The van der Waals surface area contributed by atoms with Gasteiger partial charge in [-0.3, -0.25) is 14.4 Å². The Balaban J connectivity index is 4.24. The predicted octanol–water partition coefficient (Wildman–Crippen LogP) is 11.5. The minimum absolute atomic E-state index is 0.0290. The number of carbonyl (C=O) groups is 3. The molecule has 0 aliphatic heterocycles. The van der Waals surface area contributed by atoms with Crippen molar-refractivity contribution in [1.29, 1.82) is 0 Å². The summed E-state index contributed by atoms with van der Waals surface area (Å²) in [6.45, 7) is 11.9. The molecule has 0 aliphatic carbocycles. The third-order valence-electron chi connectivity index (χ3n) is 9.13. The van der Waals surface area contributed by atoms with Crippen LogP contribution in [0.1, 0.15) is 208 Å². The van der Waals surface area contributed by atoms with Gasteiger partial charge in [-0.05, 0) is 24.7 Å². The van der Waals surface area contributed by atoms with Crippen molar-refractivity contribution >= 4 is 17.8 Å². The van der Waals surface area contributed by atoms with Crippen LogP contribution in [-0.2, 0) is 23.9 Å². The number of unbranched alkanes of at least 4 members (excludes halogenated alkanes) is 20. The third-order valence-corrected chi connectivity index (χ3v) is 9.13. The minimum atomic E-state index is -0.187. The molecule has 6 nitrogen and oxygen atoms in total. The molecule has 0 aromatic carbocycles. The minimum Gasteiger partial charge on any atom is -0.464 e. The smallest absolute Gasteiger partial charge is 0.305 e. The summed E-state index contributed by atoms with van der Waals surface area (Å²) in [6, 6.07) is 0. The van der Waals surface area contributed by atoms with Gasteiger partial charge in [0, 0.05) is 19.3 Å². The number of nitrogens with zero attached hydrogens (tertiary/aromatic N) is 1. The molecule has 0 saturated heterocycles. The van der Waals surface area contributed by atoms with Gasteiger partial charge in [0.25, 0.3) is 0 Å². The number of amides is 1. The Kier molecular flexibility index (Phi) is 30.9. The molecule has 0 radical (unpaired) electrons. The molecule has 0 aromatic rings. The highest BCUT2D eigenvalue weighted by Crippen LogP contribution is 2.27. The number of esters is 2. The monoisotopic (exact) mass is 652 g/mol. The maximum atomic E-state index is 13.2. The molecule has 46 heavy (non-hydrogen) atoms. The van der Waals surface area contributed by atoms with E-state index in [0.29, 0.717) is 32.4 Å². The summed E-state index contributed by atoms with van der Waals surface area (Å²) in [4.78, 5) is 39.6. The van der Waals surface area contributed by atoms with E-state index in [1.165, 1.54) is 116 Å². The Morgan fingerprint density at radius 2 is 0.804 bits per heavy atom. The van der Waals surface area contributed by atoms with E-state index in [1.807, 2.05) is 0 Å². The van der Waals surface area contributed by atoms with Crippen LogP contribution < -0.4 is 0 Å². The third kappa shape index (κ3) is 29.8. The van der Waals surface area contributed by atoms with Crippen LogP contribution in [0.3, 0.4) is 0 Å². The van der Waals surface area contributed by atoms with Crippen LogP contribution >= 0.6 is 0 Å². The quantitative estimate of drug-likeness (QED) is 0.0511. The predicted molar refractivity (Wildman–Crippen MR) is 194 cm³/mol. The summed E-state index contributed by atoms with van der Waals surface area (Å²) in [5.74, 6) is -0.345. The number of ether oxygens (including phenoxy) is 2. The van der Waals surface area contributed by atoms with Gasteiger partial charge in [0.1, 0.15) is 13.2 Å². The normalized spacial score (nSPS) is 11.5. The zero-order valence-corrected chi connectivity index (χ0v) is 31.4. The van der Waals surface area contributed by atoms with Crippen LogP contribution in [0.5, 0.6) is 0 Å². The molecule has 0 aliphatic rings. The molecule has 1 amide bonds. The van der Waals surface area contributed by atoms with Gasteiger partial charge in [0.2, 0.25) is 5.91 Å². The lowest BCUT2D eigenvalue weighted by Gasteiger charge is -2.29. The summed E-state index contributed by atoms with van der Waals surface area (Å²) >= 11 is 0. The van der Waals surface area contributed by atoms with E-state index in [9.17, 15) is 14.4 Å². The molecule has 0 heterocycles. The largest absolute Gasteiger partial charge is 0.464 e. The highest BCUT2D eigenvalue weighted by molar-refractivity contribution is 5.77. The van der Waals surface area contributed by atoms with Crippen molar-refractivity contribution in [3.05, 3.63) is 0 Å². The Bertz CT molecular complexity index is 678. The van der Waals surface area contributed by atoms with Crippen LogP contribution in [0.15, 0.2) is 0 Å². The van der Waals surface area contributed by atoms with E-state index in [-0.39, 0.29) is 36.5 Å². The van der Waals surface area contributed by atoms with E-state index in [4.69, 9.17) is 9.47 Å². The molecule has 0 N–H and O–H groups in total. The first kappa shape index (κ1) is 44.4. The average molecular weight is 652 g/mol. The molecule has 0 rings (SSSR count). The maximum Gasteiger partial charge on any atom is 0.305 e. The average Bonchev–Trinajstić information content (AvgIpc) is 3.01. The molecular formula is C40H77NO5. The number of rotatable bonds is 34. The second-order valence-electron chi connectivity index (χ2n) is 14.5. The molecule has 0 bridgehead atoms. The van der Waals surface area contributed by atoms with Crippen molar-refractivity contribution in [2.75, 3.05) is 26.3 Å². The van der Waals surface area contributed by atoms with Gasteiger partial charge in [-0.1, -0.05) is 169 Å². The molecule has 0 fully saturated rings. The summed E-state index contributed by atoms with van der Waals surface area (Å²) in [5.41, 5.74) is -0.0957. The first-order valence-electron chi connectivity index (χ1n) is 19.8. The van der Waals surface area contributed by atoms with Crippen LogP contribution in [0.25, 0.3) is 0 Å². The van der Waals surface area contributed by atoms with Crippen LogP contribution in [0.4, 0.5) is 0 Å². The van der Waals surface area contributed by atoms with Crippen molar-refractivity contribution < 1.29 is 23.9 Å². The Hall–Kier alpha value is -1.59. The second-order valence-corrected chi connectivity index (χ2v) is 14.5. The molecule has 0 aromatic heterocycles. The Morgan fingerprint density at radius 3 is 1.13 bits per heavy atom. The van der Waals surface area contributed by atoms with E-state index >= 15 is 0 Å². The lowest BCUT2D eigenvalue weighted by molar-refractivity contribution is -0.148. The van der Waals surface area contributed by atoms with Crippen molar-refractivity contribution in [3.8, 4) is 0 Å². The van der Waals surface area contributed by atoms with Gasteiger partial charge in [-0.15, -0.1) is 0 Å². The fourth-order valence-electron chi connectivity index (χ4n) is 6.20. The zero-order valence-electron chi connectivity index (χ0n) is 31.4. The van der Waals surface area contributed by atoms with Crippen molar-refractivity contribution in [2.45, 2.75) is 208 Å². The number of hydrogen-bond donors (Lipinski definition) is 0. The molecule has 272 valence electrons. The summed E-state index contributed by atoms with van der Waals surface area (Å²) in [7, 11) is 0. The van der Waals surface area contributed by atoms with Crippen LogP contribution in [-0.4, -0.2) is 49.0 Å². The Labute approximate surface area is 285 Å². The topological polar surface area (TPSA) is 72.9 Å². The molecular weight excluding hydrogens is 574 g/mol. The number of hydrogen-bond acceptors (Lipinski definition) is 5. The first-order chi connectivity index (χ1) is 22.3. The van der Waals surface area contributed by atoms with Gasteiger partial charge in [0.05, 0.1) is 13.1 Å². The summed E-state index contributed by atoms with van der Waals surface area (Å²) in [5, 5.41) is 0. The first-order valence-corrected chi connectivity index (χ1v) is 19.8. The number of carbonyl (C=O) groups excluding carboxylic acids is 3. The summed E-state index contributed by atoms with van der Waals surface area (Å²) < 4.78 is 11.0. The standard InChI is InChI=1S/C40H77NO5/c1-6-9-11-13-15-17-19-21-23-25-27-29-38(43)45-34-32-41(37(42)36-40(4,5)31-8-3)33-35-46-39(44)30-28-26-24-22-20-18-16-14-12-10-7-2/h6-36H2,1-5H3. The van der Waals surface area contributed by atoms with Gasteiger partial charge in [-0.2, -0.15) is 0 Å². The molecule has 0 saturated carbocycles. The highest BCUT2D eigenvalue weighted by atomic mass is 16.5. The van der Waals surface area contributed by atoms with E-state index < -0.39 is 0 Å². The van der Waals surface area contributed by atoms with E-state index in [0.717, 1.165) is 38.5 Å². The lowest BCUT2D eigenvalue weighted by atomic mass is 9.84. The zero-order chi connectivity index (χ0) is 34.1. The molecule has 0 unspecified atom stereocenters. The molecule has 0 atom stereocenters. The van der Waals surface area contributed by atoms with Gasteiger partial charge >= 0.3 is 11.9 Å². The highest BCUT2D eigenvalue weighted by Gasteiger charge is 2.25. The van der Waals surface area contributed by atoms with Gasteiger partial charge in [-0.25, -0.2) is 0 Å². The fraction of sp³-hybridized carbons (Fsp3) is 0.925. The molecule has 0 spiro atoms. The second kappa shape index (κ2) is 32.0. The van der Waals surface area contributed by atoms with Gasteiger partial charge in [0.15, 0.2) is 0 Å². The van der Waals surface area contributed by atoms with Crippen molar-refractivity contribution in [1.82, 2.24) is 4.90 Å². The lowest BCUT2D eigenvalue weighted by Crippen LogP contribution is -2.39. The van der Waals surface area contributed by atoms with E-state index in [1.54, 1.807) is 4.90 Å². The van der Waals surface area contributed by atoms with Crippen LogP contribution in [0.2, 0.25) is 0 Å². The molecule has 6 heteroatoms.